The largest absolute Gasteiger partial charge is 0.338 e. The summed E-state index contributed by atoms with van der Waals surface area (Å²) in [6.07, 6.45) is 3.68. The van der Waals surface area contributed by atoms with Crippen LogP contribution in [0.15, 0.2) is 11.0 Å². The molecule has 5 nitrogen and oxygen atoms in total. The Labute approximate surface area is 133 Å². The van der Waals surface area contributed by atoms with Gasteiger partial charge in [-0.2, -0.15) is 4.31 Å². The standard InChI is InChI=1S/C13H17ClN2O3S2/c14-11-9-10(21(18,19)16-7-3-4-8-16)12(20-11)13(17)15-5-1-2-6-15/h9H,1-8H2. The van der Waals surface area contributed by atoms with E-state index in [2.05, 4.69) is 0 Å². The van der Waals surface area contributed by atoms with Gasteiger partial charge in [-0.3, -0.25) is 4.79 Å². The molecule has 21 heavy (non-hydrogen) atoms. The summed E-state index contributed by atoms with van der Waals surface area (Å²) in [4.78, 5) is 14.6. The molecule has 8 heteroatoms. The lowest BCUT2D eigenvalue weighted by Crippen LogP contribution is -2.31. The minimum absolute atomic E-state index is 0.0799. The number of rotatable bonds is 3. The molecule has 3 rings (SSSR count). The van der Waals surface area contributed by atoms with Gasteiger partial charge in [0.15, 0.2) is 0 Å². The molecular weight excluding hydrogens is 332 g/mol. The van der Waals surface area contributed by atoms with E-state index < -0.39 is 10.0 Å². The number of nitrogens with zero attached hydrogens (tertiary/aromatic N) is 2. The summed E-state index contributed by atoms with van der Waals surface area (Å²) in [7, 11) is -3.61. The third-order valence-corrected chi connectivity index (χ3v) is 7.24. The van der Waals surface area contributed by atoms with E-state index in [0.717, 1.165) is 37.0 Å². The van der Waals surface area contributed by atoms with E-state index in [-0.39, 0.29) is 15.7 Å². The third kappa shape index (κ3) is 2.84. The van der Waals surface area contributed by atoms with E-state index in [1.54, 1.807) is 4.90 Å². The fourth-order valence-corrected chi connectivity index (χ4v) is 6.09. The maximum Gasteiger partial charge on any atom is 0.265 e. The number of amides is 1. The van der Waals surface area contributed by atoms with Crippen molar-refractivity contribution < 1.29 is 13.2 Å². The molecule has 0 aromatic carbocycles. The van der Waals surface area contributed by atoms with Gasteiger partial charge in [-0.1, -0.05) is 11.6 Å². The van der Waals surface area contributed by atoms with Crippen molar-refractivity contribution in [1.82, 2.24) is 9.21 Å². The predicted molar refractivity (Wildman–Crippen MR) is 82.5 cm³/mol. The number of hydrogen-bond acceptors (Lipinski definition) is 4. The van der Waals surface area contributed by atoms with Gasteiger partial charge in [0.1, 0.15) is 9.77 Å². The molecule has 0 atom stereocenters. The molecular formula is C13H17ClN2O3S2. The van der Waals surface area contributed by atoms with Crippen LogP contribution in [0.3, 0.4) is 0 Å². The molecule has 0 N–H and O–H groups in total. The summed E-state index contributed by atoms with van der Waals surface area (Å²) in [6, 6.07) is 1.42. The second-order valence-electron chi connectivity index (χ2n) is 5.35. The maximum atomic E-state index is 12.7. The zero-order chi connectivity index (χ0) is 15.0. The highest BCUT2D eigenvalue weighted by atomic mass is 35.5. The minimum atomic E-state index is -3.61. The monoisotopic (exact) mass is 348 g/mol. The van der Waals surface area contributed by atoms with Crippen LogP contribution in [0.5, 0.6) is 0 Å². The first kappa shape index (κ1) is 15.3. The normalized spacial score (nSPS) is 20.3. The van der Waals surface area contributed by atoms with Crippen molar-refractivity contribution in [2.24, 2.45) is 0 Å². The summed E-state index contributed by atoms with van der Waals surface area (Å²) < 4.78 is 27.2. The van der Waals surface area contributed by atoms with E-state index in [1.807, 2.05) is 0 Å². The topological polar surface area (TPSA) is 57.7 Å². The fraction of sp³-hybridized carbons (Fsp3) is 0.615. The van der Waals surface area contributed by atoms with Crippen molar-refractivity contribution in [3.63, 3.8) is 0 Å². The number of sulfonamides is 1. The lowest BCUT2D eigenvalue weighted by atomic mass is 10.4. The number of carbonyl (C=O) groups is 1. The van der Waals surface area contributed by atoms with Gasteiger partial charge in [0, 0.05) is 26.2 Å². The van der Waals surface area contributed by atoms with Crippen LogP contribution in [-0.4, -0.2) is 49.7 Å². The Morgan fingerprint density at radius 1 is 1.10 bits per heavy atom. The van der Waals surface area contributed by atoms with E-state index in [4.69, 9.17) is 11.6 Å². The Morgan fingerprint density at radius 2 is 1.67 bits per heavy atom. The molecule has 1 amide bonds. The second kappa shape index (κ2) is 5.87. The van der Waals surface area contributed by atoms with Crippen LogP contribution in [0.1, 0.15) is 35.4 Å². The number of hydrogen-bond donors (Lipinski definition) is 0. The van der Waals surface area contributed by atoms with Crippen LogP contribution in [0.2, 0.25) is 4.34 Å². The molecule has 2 aliphatic heterocycles. The number of thiophene rings is 1. The van der Waals surface area contributed by atoms with Crippen molar-refractivity contribution in [2.45, 2.75) is 30.6 Å². The Bertz CT molecular complexity index is 644. The Kier molecular flexibility index (Phi) is 4.27. The predicted octanol–water partition coefficient (Wildman–Crippen LogP) is 2.42. The SMILES string of the molecule is O=C(c1sc(Cl)cc1S(=O)(=O)N1CCCC1)N1CCCC1. The van der Waals surface area contributed by atoms with Gasteiger partial charge < -0.3 is 4.90 Å². The number of carbonyl (C=O) groups excluding carboxylic acids is 1. The third-order valence-electron chi connectivity index (χ3n) is 3.94. The van der Waals surface area contributed by atoms with Gasteiger partial charge in [0.25, 0.3) is 5.91 Å². The molecule has 2 saturated heterocycles. The molecule has 2 fully saturated rings. The van der Waals surface area contributed by atoms with Gasteiger partial charge in [-0.05, 0) is 31.7 Å². The molecule has 0 saturated carbocycles. The molecule has 0 aliphatic carbocycles. The smallest absolute Gasteiger partial charge is 0.265 e. The van der Waals surface area contributed by atoms with Crippen molar-refractivity contribution in [3.05, 3.63) is 15.3 Å². The lowest BCUT2D eigenvalue weighted by molar-refractivity contribution is 0.0794. The number of halogens is 1. The summed E-state index contributed by atoms with van der Waals surface area (Å²) in [6.45, 7) is 2.43. The van der Waals surface area contributed by atoms with Gasteiger partial charge in [0.2, 0.25) is 10.0 Å². The average molecular weight is 349 g/mol. The minimum Gasteiger partial charge on any atom is -0.338 e. The molecule has 2 aliphatic rings. The van der Waals surface area contributed by atoms with E-state index in [1.165, 1.54) is 10.4 Å². The molecule has 0 bridgehead atoms. The first-order chi connectivity index (χ1) is 10.00. The maximum absolute atomic E-state index is 12.7. The van der Waals surface area contributed by atoms with Crippen LogP contribution in [-0.2, 0) is 10.0 Å². The van der Waals surface area contributed by atoms with Gasteiger partial charge >= 0.3 is 0 Å². The molecule has 1 aromatic rings. The summed E-state index contributed by atoms with van der Waals surface area (Å²) in [5, 5.41) is 0. The van der Waals surface area contributed by atoms with Crippen LogP contribution in [0.4, 0.5) is 0 Å². The molecule has 0 radical (unpaired) electrons. The second-order valence-corrected chi connectivity index (χ2v) is 8.94. The van der Waals surface area contributed by atoms with Crippen molar-refractivity contribution >= 4 is 38.9 Å². The van der Waals surface area contributed by atoms with E-state index in [9.17, 15) is 13.2 Å². The van der Waals surface area contributed by atoms with Crippen LogP contribution >= 0.6 is 22.9 Å². The van der Waals surface area contributed by atoms with E-state index in [0.29, 0.717) is 30.5 Å². The number of likely N-dealkylation sites (tertiary alicyclic amines) is 1. The first-order valence-electron chi connectivity index (χ1n) is 7.09. The molecule has 3 heterocycles. The fourth-order valence-electron chi connectivity index (χ4n) is 2.82. The molecule has 116 valence electrons. The summed E-state index contributed by atoms with van der Waals surface area (Å²) in [5.41, 5.74) is 0. The Hall–Kier alpha value is -0.630. The highest BCUT2D eigenvalue weighted by Crippen LogP contribution is 2.34. The van der Waals surface area contributed by atoms with Crippen molar-refractivity contribution in [1.29, 1.82) is 0 Å². The quantitative estimate of drug-likeness (QED) is 0.842. The molecule has 0 unspecified atom stereocenters. The molecule has 1 aromatic heterocycles. The highest BCUT2D eigenvalue weighted by molar-refractivity contribution is 7.89. The zero-order valence-corrected chi connectivity index (χ0v) is 13.9. The first-order valence-corrected chi connectivity index (χ1v) is 9.72. The summed E-state index contributed by atoms with van der Waals surface area (Å²) in [5.74, 6) is -0.206. The van der Waals surface area contributed by atoms with Crippen LogP contribution < -0.4 is 0 Å². The zero-order valence-electron chi connectivity index (χ0n) is 11.5. The van der Waals surface area contributed by atoms with Gasteiger partial charge in [-0.15, -0.1) is 11.3 Å². The van der Waals surface area contributed by atoms with Gasteiger partial charge in [-0.25, -0.2) is 8.42 Å². The van der Waals surface area contributed by atoms with Crippen molar-refractivity contribution in [3.8, 4) is 0 Å². The molecule has 0 spiro atoms. The van der Waals surface area contributed by atoms with E-state index >= 15 is 0 Å². The lowest BCUT2D eigenvalue weighted by Gasteiger charge is -2.18. The van der Waals surface area contributed by atoms with Crippen molar-refractivity contribution in [2.75, 3.05) is 26.2 Å². The highest BCUT2D eigenvalue weighted by Gasteiger charge is 2.34. The Morgan fingerprint density at radius 3 is 2.29 bits per heavy atom. The Balaban J connectivity index is 1.97. The van der Waals surface area contributed by atoms with Crippen LogP contribution in [0, 0.1) is 0 Å². The summed E-state index contributed by atoms with van der Waals surface area (Å²) >= 11 is 7.06. The average Bonchev–Trinajstić information content (AvgIpc) is 3.19. The van der Waals surface area contributed by atoms with Crippen LogP contribution in [0.25, 0.3) is 0 Å². The van der Waals surface area contributed by atoms with Gasteiger partial charge in [0.05, 0.1) is 4.34 Å².